The minimum atomic E-state index is -0.611. The van der Waals surface area contributed by atoms with Crippen molar-refractivity contribution in [3.63, 3.8) is 0 Å². The Morgan fingerprint density at radius 3 is 2.87 bits per heavy atom. The molecule has 0 radical (unpaired) electrons. The van der Waals surface area contributed by atoms with Crippen LogP contribution in [0, 0.1) is 22.9 Å². The summed E-state index contributed by atoms with van der Waals surface area (Å²) in [6.45, 7) is 1.66. The highest BCUT2D eigenvalue weighted by Crippen LogP contribution is 2.28. The number of benzene rings is 1. The molecule has 2 rings (SSSR count). The molecule has 15 heavy (non-hydrogen) atoms. The van der Waals surface area contributed by atoms with Crippen LogP contribution < -0.4 is 0 Å². The van der Waals surface area contributed by atoms with Crippen molar-refractivity contribution in [2.45, 2.75) is 6.92 Å². The largest absolute Gasteiger partial charge is 0.281 e. The molecule has 1 heterocycles. The van der Waals surface area contributed by atoms with Crippen LogP contribution in [0.4, 0.5) is 10.1 Å². The quantitative estimate of drug-likeness (QED) is 0.532. The third-order valence-electron chi connectivity index (χ3n) is 2.19. The summed E-state index contributed by atoms with van der Waals surface area (Å²) >= 11 is 0. The normalized spacial score (nSPS) is 10.5. The van der Waals surface area contributed by atoms with Crippen LogP contribution in [-0.2, 0) is 0 Å². The zero-order valence-corrected chi connectivity index (χ0v) is 7.90. The Labute approximate surface area is 84.5 Å². The van der Waals surface area contributed by atoms with Crippen LogP contribution in [0.25, 0.3) is 10.8 Å². The van der Waals surface area contributed by atoms with Crippen LogP contribution >= 0.6 is 0 Å². The lowest BCUT2D eigenvalue weighted by atomic mass is 10.1. The molecule has 0 aliphatic carbocycles. The highest BCUT2D eigenvalue weighted by atomic mass is 19.1. The number of rotatable bonds is 1. The minimum Gasteiger partial charge on any atom is -0.261 e. The number of fused-ring (bicyclic) bond motifs is 1. The number of hydrogen-bond acceptors (Lipinski definition) is 3. The van der Waals surface area contributed by atoms with Gasteiger partial charge in [-0.15, -0.1) is 0 Å². The molecule has 4 nitrogen and oxygen atoms in total. The van der Waals surface area contributed by atoms with Gasteiger partial charge in [-0.1, -0.05) is 0 Å². The molecule has 0 saturated carbocycles. The second-order valence-corrected chi connectivity index (χ2v) is 3.18. The van der Waals surface area contributed by atoms with E-state index in [2.05, 4.69) is 4.98 Å². The van der Waals surface area contributed by atoms with Crippen LogP contribution in [0.1, 0.15) is 5.69 Å². The van der Waals surface area contributed by atoms with Gasteiger partial charge in [0.2, 0.25) is 0 Å². The van der Waals surface area contributed by atoms with E-state index in [4.69, 9.17) is 0 Å². The topological polar surface area (TPSA) is 56.0 Å². The Hall–Kier alpha value is -2.04. The second kappa shape index (κ2) is 3.27. The Morgan fingerprint density at radius 2 is 2.20 bits per heavy atom. The minimum absolute atomic E-state index is 0.240. The maximum absolute atomic E-state index is 13.1. The Balaban J connectivity index is 2.94. The van der Waals surface area contributed by atoms with E-state index in [0.717, 1.165) is 6.07 Å². The average Bonchev–Trinajstić information content (AvgIpc) is 2.16. The maximum Gasteiger partial charge on any atom is 0.281 e. The summed E-state index contributed by atoms with van der Waals surface area (Å²) in [6, 6.07) is 3.73. The van der Waals surface area contributed by atoms with Gasteiger partial charge in [-0.05, 0) is 24.4 Å². The second-order valence-electron chi connectivity index (χ2n) is 3.18. The van der Waals surface area contributed by atoms with Gasteiger partial charge in [-0.2, -0.15) is 0 Å². The zero-order valence-electron chi connectivity index (χ0n) is 7.90. The van der Waals surface area contributed by atoms with E-state index >= 15 is 0 Å². The lowest BCUT2D eigenvalue weighted by Crippen LogP contribution is -1.94. The van der Waals surface area contributed by atoms with Crippen molar-refractivity contribution in [1.29, 1.82) is 0 Å². The Bertz CT molecular complexity index is 554. The van der Waals surface area contributed by atoms with Crippen LogP contribution in [0.5, 0.6) is 0 Å². The van der Waals surface area contributed by atoms with Gasteiger partial charge in [0.1, 0.15) is 5.82 Å². The van der Waals surface area contributed by atoms with E-state index in [0.29, 0.717) is 16.5 Å². The molecular formula is C10H7FN2O2. The first-order chi connectivity index (χ1) is 7.09. The molecule has 0 amide bonds. The van der Waals surface area contributed by atoms with Crippen LogP contribution in [0.15, 0.2) is 24.4 Å². The first-order valence-electron chi connectivity index (χ1n) is 4.29. The summed E-state index contributed by atoms with van der Waals surface area (Å²) in [5.41, 5.74) is 0.287. The summed E-state index contributed by atoms with van der Waals surface area (Å²) in [5, 5.41) is 11.6. The molecule has 1 aromatic heterocycles. The van der Waals surface area contributed by atoms with Crippen LogP contribution in [0.2, 0.25) is 0 Å². The molecule has 0 N–H and O–H groups in total. The van der Waals surface area contributed by atoms with E-state index < -0.39 is 10.7 Å². The predicted octanol–water partition coefficient (Wildman–Crippen LogP) is 2.59. The molecule has 0 unspecified atom stereocenters. The maximum atomic E-state index is 13.1. The fraction of sp³-hybridized carbons (Fsp3) is 0.100. The number of aryl methyl sites for hydroxylation is 1. The molecule has 0 aliphatic heterocycles. The number of nitrogens with zero attached hydrogens (tertiary/aromatic N) is 2. The van der Waals surface area contributed by atoms with Crippen molar-refractivity contribution in [2.24, 2.45) is 0 Å². The van der Waals surface area contributed by atoms with E-state index in [9.17, 15) is 14.5 Å². The van der Waals surface area contributed by atoms with Crippen molar-refractivity contribution in [3.05, 3.63) is 46.0 Å². The zero-order chi connectivity index (χ0) is 11.0. The molecule has 0 spiro atoms. The van der Waals surface area contributed by atoms with E-state index in [1.165, 1.54) is 12.3 Å². The fourth-order valence-electron chi connectivity index (χ4n) is 1.58. The van der Waals surface area contributed by atoms with Gasteiger partial charge in [-0.25, -0.2) is 4.39 Å². The molecule has 5 heteroatoms. The highest BCUT2D eigenvalue weighted by molar-refractivity contribution is 5.92. The number of nitro benzene ring substituents is 1. The third-order valence-corrected chi connectivity index (χ3v) is 2.19. The van der Waals surface area contributed by atoms with Crippen molar-refractivity contribution in [3.8, 4) is 0 Å². The van der Waals surface area contributed by atoms with Crippen LogP contribution in [-0.4, -0.2) is 9.91 Å². The molecule has 2 aromatic rings. The van der Waals surface area contributed by atoms with Crippen molar-refractivity contribution in [1.82, 2.24) is 4.98 Å². The summed E-state index contributed by atoms with van der Waals surface area (Å²) in [4.78, 5) is 14.1. The molecule has 0 saturated heterocycles. The van der Waals surface area contributed by atoms with Gasteiger partial charge in [0.05, 0.1) is 22.1 Å². The molecule has 0 atom stereocenters. The number of nitro groups is 1. The number of pyridine rings is 1. The van der Waals surface area contributed by atoms with Crippen LogP contribution in [0.3, 0.4) is 0 Å². The van der Waals surface area contributed by atoms with Gasteiger partial charge < -0.3 is 0 Å². The molecular weight excluding hydrogens is 199 g/mol. The van der Waals surface area contributed by atoms with Crippen molar-refractivity contribution < 1.29 is 9.31 Å². The van der Waals surface area contributed by atoms with Gasteiger partial charge in [0, 0.05) is 6.20 Å². The number of hydrogen-bond donors (Lipinski definition) is 0. The molecule has 0 aliphatic rings. The fourth-order valence-corrected chi connectivity index (χ4v) is 1.58. The monoisotopic (exact) mass is 206 g/mol. The Morgan fingerprint density at radius 1 is 1.47 bits per heavy atom. The lowest BCUT2D eigenvalue weighted by Gasteiger charge is -2.02. The average molecular weight is 206 g/mol. The summed E-state index contributed by atoms with van der Waals surface area (Å²) in [7, 11) is 0. The summed E-state index contributed by atoms with van der Waals surface area (Å²) in [6.07, 6.45) is 1.50. The SMILES string of the molecule is Cc1nccc2cc(F)cc([N+](=O)[O-])c12. The van der Waals surface area contributed by atoms with Gasteiger partial charge >= 0.3 is 0 Å². The van der Waals surface area contributed by atoms with Gasteiger partial charge in [-0.3, -0.25) is 15.1 Å². The number of halogens is 1. The molecule has 0 bridgehead atoms. The molecule has 76 valence electrons. The lowest BCUT2D eigenvalue weighted by molar-refractivity contribution is -0.383. The predicted molar refractivity (Wildman–Crippen MR) is 53.1 cm³/mol. The summed E-state index contributed by atoms with van der Waals surface area (Å²) < 4.78 is 13.1. The van der Waals surface area contributed by atoms with Crippen molar-refractivity contribution in [2.75, 3.05) is 0 Å². The van der Waals surface area contributed by atoms with E-state index in [1.54, 1.807) is 13.0 Å². The molecule has 0 fully saturated rings. The van der Waals surface area contributed by atoms with E-state index in [-0.39, 0.29) is 5.69 Å². The smallest absolute Gasteiger partial charge is 0.261 e. The van der Waals surface area contributed by atoms with Gasteiger partial charge in [0.15, 0.2) is 0 Å². The number of non-ortho nitro benzene ring substituents is 1. The molecule has 1 aromatic carbocycles. The first-order valence-corrected chi connectivity index (χ1v) is 4.29. The first kappa shape index (κ1) is 9.51. The van der Waals surface area contributed by atoms with Gasteiger partial charge in [0.25, 0.3) is 5.69 Å². The number of aromatic nitrogens is 1. The summed E-state index contributed by atoms with van der Waals surface area (Å²) in [5.74, 6) is -0.611. The third kappa shape index (κ3) is 1.52. The van der Waals surface area contributed by atoms with Crippen molar-refractivity contribution >= 4 is 16.5 Å². The Kier molecular flexibility index (Phi) is 2.07. The standard InChI is InChI=1S/C10H7FN2O2/c1-6-10-7(2-3-12-6)4-8(11)5-9(10)13(14)15/h2-5H,1H3. The highest BCUT2D eigenvalue weighted by Gasteiger charge is 2.16. The van der Waals surface area contributed by atoms with E-state index in [1.807, 2.05) is 0 Å².